The Labute approximate surface area is 104 Å². The van der Waals surface area contributed by atoms with Crippen LogP contribution in [0.15, 0.2) is 17.3 Å². The molecule has 0 unspecified atom stereocenters. The second-order valence-electron chi connectivity index (χ2n) is 4.24. The van der Waals surface area contributed by atoms with Crippen molar-refractivity contribution < 1.29 is 9.53 Å². The Morgan fingerprint density at radius 1 is 1.59 bits per heavy atom. The zero-order valence-corrected chi connectivity index (χ0v) is 10.9. The van der Waals surface area contributed by atoms with Crippen LogP contribution in [-0.2, 0) is 9.53 Å². The molecule has 0 amide bonds. The molecule has 1 aromatic heterocycles. The van der Waals surface area contributed by atoms with Crippen molar-refractivity contribution in [1.29, 1.82) is 0 Å². The number of nitrogens with zero attached hydrogens (tertiary/aromatic N) is 2. The first-order valence-corrected chi connectivity index (χ1v) is 6.03. The molecule has 6 nitrogen and oxygen atoms in total. The minimum absolute atomic E-state index is 0.207. The van der Waals surface area contributed by atoms with Gasteiger partial charge in [0.2, 0.25) is 5.95 Å². The Balaban J connectivity index is 2.47. The monoisotopic (exact) mass is 256 g/mol. The maximum atomic E-state index is 11.5. The number of rotatable bonds is 4. The second-order valence-corrected chi connectivity index (χ2v) is 5.23. The summed E-state index contributed by atoms with van der Waals surface area (Å²) < 4.78 is 5.17. The number of carbonyl (C=O) groups is 1. The van der Waals surface area contributed by atoms with Crippen LogP contribution < -0.4 is 11.3 Å². The van der Waals surface area contributed by atoms with E-state index in [1.54, 1.807) is 12.3 Å². The third-order valence-corrected chi connectivity index (χ3v) is 2.42. The maximum Gasteiger partial charge on any atom is 0.316 e. The summed E-state index contributed by atoms with van der Waals surface area (Å²) in [6.45, 7) is 5.49. The smallest absolute Gasteiger partial charge is 0.316 e. The van der Waals surface area contributed by atoms with Crippen LogP contribution in [0.25, 0.3) is 0 Å². The molecule has 0 saturated heterocycles. The molecule has 0 aromatic carbocycles. The number of hydrogen-bond acceptors (Lipinski definition) is 7. The summed E-state index contributed by atoms with van der Waals surface area (Å²) in [4.78, 5) is 19.4. The van der Waals surface area contributed by atoms with E-state index in [2.05, 4.69) is 15.4 Å². The Bertz CT molecular complexity index is 392. The molecule has 0 aliphatic carbocycles. The molecular formula is C10H16N4O2S. The first kappa shape index (κ1) is 13.7. The van der Waals surface area contributed by atoms with Crippen LogP contribution in [0.3, 0.4) is 0 Å². The summed E-state index contributed by atoms with van der Waals surface area (Å²) in [6, 6.07) is 1.70. The molecule has 0 atom stereocenters. The zero-order valence-electron chi connectivity index (χ0n) is 10.1. The second kappa shape index (κ2) is 5.83. The van der Waals surface area contributed by atoms with Gasteiger partial charge in [0.05, 0.1) is 5.75 Å². The molecule has 0 radical (unpaired) electrons. The molecule has 17 heavy (non-hydrogen) atoms. The predicted molar refractivity (Wildman–Crippen MR) is 66.4 cm³/mol. The molecule has 0 aliphatic rings. The summed E-state index contributed by atoms with van der Waals surface area (Å²) >= 11 is 1.28. The Morgan fingerprint density at radius 3 is 2.88 bits per heavy atom. The standard InChI is InChI=1S/C10H16N4O2S/c1-10(2,3)16-8(15)6-17-7-4-5-12-9(13-7)14-11/h4-5H,6,11H2,1-3H3,(H,12,13,14). The van der Waals surface area contributed by atoms with Crippen molar-refractivity contribution in [3.05, 3.63) is 12.3 Å². The number of aromatic nitrogens is 2. The summed E-state index contributed by atoms with van der Waals surface area (Å²) in [5.41, 5.74) is 1.88. The first-order chi connectivity index (χ1) is 7.90. The normalized spacial score (nSPS) is 11.1. The average molecular weight is 256 g/mol. The highest BCUT2D eigenvalue weighted by atomic mass is 32.2. The van der Waals surface area contributed by atoms with Crippen molar-refractivity contribution in [2.75, 3.05) is 11.2 Å². The van der Waals surface area contributed by atoms with Crippen molar-refractivity contribution in [3.63, 3.8) is 0 Å². The largest absolute Gasteiger partial charge is 0.459 e. The highest BCUT2D eigenvalue weighted by molar-refractivity contribution is 7.99. The number of nitrogens with two attached hydrogens (primary N) is 1. The van der Waals surface area contributed by atoms with E-state index < -0.39 is 5.60 Å². The van der Waals surface area contributed by atoms with Crippen LogP contribution in [0.4, 0.5) is 5.95 Å². The van der Waals surface area contributed by atoms with E-state index in [0.29, 0.717) is 11.0 Å². The van der Waals surface area contributed by atoms with Crippen LogP contribution in [0.1, 0.15) is 20.8 Å². The third kappa shape index (κ3) is 5.50. The molecule has 1 rings (SSSR count). The number of hydrazine groups is 1. The molecule has 94 valence electrons. The number of hydrogen-bond donors (Lipinski definition) is 2. The van der Waals surface area contributed by atoms with Gasteiger partial charge in [-0.2, -0.15) is 0 Å². The highest BCUT2D eigenvalue weighted by Crippen LogP contribution is 2.17. The van der Waals surface area contributed by atoms with Crippen LogP contribution in [0, 0.1) is 0 Å². The minimum atomic E-state index is -0.465. The number of ether oxygens (including phenoxy) is 1. The molecule has 3 N–H and O–H groups in total. The van der Waals surface area contributed by atoms with Gasteiger partial charge in [-0.3, -0.25) is 10.2 Å². The number of anilines is 1. The molecule has 0 fully saturated rings. The zero-order chi connectivity index (χ0) is 12.9. The van der Waals surface area contributed by atoms with E-state index in [-0.39, 0.29) is 11.7 Å². The molecule has 1 heterocycles. The number of nitrogen functional groups attached to an aromatic ring is 1. The summed E-state index contributed by atoms with van der Waals surface area (Å²) in [5.74, 6) is 5.43. The van der Waals surface area contributed by atoms with E-state index >= 15 is 0 Å². The quantitative estimate of drug-likeness (QED) is 0.275. The van der Waals surface area contributed by atoms with Crippen LogP contribution in [-0.4, -0.2) is 27.3 Å². The fourth-order valence-corrected chi connectivity index (χ4v) is 1.63. The van der Waals surface area contributed by atoms with Crippen molar-refractivity contribution in [3.8, 4) is 0 Å². The lowest BCUT2D eigenvalue weighted by molar-refractivity contribution is -0.151. The van der Waals surface area contributed by atoms with Crippen LogP contribution in [0.5, 0.6) is 0 Å². The lowest BCUT2D eigenvalue weighted by atomic mass is 10.2. The first-order valence-electron chi connectivity index (χ1n) is 5.05. The topological polar surface area (TPSA) is 90.1 Å². The van der Waals surface area contributed by atoms with Crippen LogP contribution >= 0.6 is 11.8 Å². The number of carbonyl (C=O) groups excluding carboxylic acids is 1. The van der Waals surface area contributed by atoms with Crippen molar-refractivity contribution >= 4 is 23.7 Å². The Morgan fingerprint density at radius 2 is 2.29 bits per heavy atom. The Kier molecular flexibility index (Phi) is 4.71. The van der Waals surface area contributed by atoms with Gasteiger partial charge in [0, 0.05) is 6.20 Å². The van der Waals surface area contributed by atoms with Crippen molar-refractivity contribution in [1.82, 2.24) is 9.97 Å². The van der Waals surface area contributed by atoms with E-state index in [4.69, 9.17) is 10.6 Å². The molecule has 0 bridgehead atoms. The van der Waals surface area contributed by atoms with E-state index in [0.717, 1.165) is 0 Å². The van der Waals surface area contributed by atoms with Crippen molar-refractivity contribution in [2.45, 2.75) is 31.4 Å². The van der Waals surface area contributed by atoms with Gasteiger partial charge in [-0.25, -0.2) is 15.8 Å². The average Bonchev–Trinajstić information content (AvgIpc) is 2.24. The fourth-order valence-electron chi connectivity index (χ4n) is 0.996. The van der Waals surface area contributed by atoms with Gasteiger partial charge in [-0.1, -0.05) is 11.8 Å². The highest BCUT2D eigenvalue weighted by Gasteiger charge is 2.16. The third-order valence-electron chi connectivity index (χ3n) is 1.52. The van der Waals surface area contributed by atoms with Gasteiger partial charge in [0.1, 0.15) is 10.6 Å². The molecule has 1 aromatic rings. The lowest BCUT2D eigenvalue weighted by Crippen LogP contribution is -2.24. The van der Waals surface area contributed by atoms with Crippen molar-refractivity contribution in [2.24, 2.45) is 5.84 Å². The Hall–Kier alpha value is -1.34. The number of thioether (sulfide) groups is 1. The molecule has 7 heteroatoms. The van der Waals surface area contributed by atoms with E-state index in [1.807, 2.05) is 20.8 Å². The van der Waals surface area contributed by atoms with Gasteiger partial charge in [-0.05, 0) is 26.8 Å². The van der Waals surface area contributed by atoms with Gasteiger partial charge in [0.25, 0.3) is 0 Å². The molecule has 0 saturated carbocycles. The van der Waals surface area contributed by atoms with Gasteiger partial charge in [-0.15, -0.1) is 0 Å². The maximum absolute atomic E-state index is 11.5. The molecular weight excluding hydrogens is 240 g/mol. The lowest BCUT2D eigenvalue weighted by Gasteiger charge is -2.19. The number of nitrogens with one attached hydrogen (secondary N) is 1. The van der Waals surface area contributed by atoms with Crippen LogP contribution in [0.2, 0.25) is 0 Å². The summed E-state index contributed by atoms with van der Waals surface area (Å²) in [5, 5.41) is 0.666. The minimum Gasteiger partial charge on any atom is -0.459 e. The van der Waals surface area contributed by atoms with Gasteiger partial charge in [0.15, 0.2) is 0 Å². The predicted octanol–water partition coefficient (Wildman–Crippen LogP) is 1.20. The van der Waals surface area contributed by atoms with Gasteiger partial charge >= 0.3 is 5.97 Å². The fraction of sp³-hybridized carbons (Fsp3) is 0.500. The SMILES string of the molecule is CC(C)(C)OC(=O)CSc1ccnc(NN)n1. The number of esters is 1. The van der Waals surface area contributed by atoms with E-state index in [1.165, 1.54) is 11.8 Å². The molecule has 0 aliphatic heterocycles. The van der Waals surface area contributed by atoms with Gasteiger partial charge < -0.3 is 4.74 Å². The summed E-state index contributed by atoms with van der Waals surface area (Å²) in [6.07, 6.45) is 1.57. The summed E-state index contributed by atoms with van der Waals surface area (Å²) in [7, 11) is 0. The van der Waals surface area contributed by atoms with E-state index in [9.17, 15) is 4.79 Å². The molecule has 0 spiro atoms.